The van der Waals surface area contributed by atoms with Crippen LogP contribution in [0.15, 0.2) is 72.8 Å². The van der Waals surface area contributed by atoms with Crippen molar-refractivity contribution in [3.8, 4) is 16.9 Å². The lowest BCUT2D eigenvalue weighted by atomic mass is 9.58. The number of hydrogen-bond acceptors (Lipinski definition) is 9. The molecule has 3 rings (SSSR count). The van der Waals surface area contributed by atoms with Gasteiger partial charge in [0.1, 0.15) is 11.8 Å². The number of unbranched alkanes of at least 4 members (excludes halogenated alkanes) is 3. The Hall–Kier alpha value is -4.85. The Bertz CT molecular complexity index is 1840. The summed E-state index contributed by atoms with van der Waals surface area (Å²) in [6.45, 7) is 7.34. The van der Waals surface area contributed by atoms with E-state index < -0.39 is 42.8 Å². The van der Waals surface area contributed by atoms with Crippen LogP contribution in [0.3, 0.4) is 0 Å². The predicted octanol–water partition coefficient (Wildman–Crippen LogP) is 6.21. The quantitative estimate of drug-likeness (QED) is 0.0438. The van der Waals surface area contributed by atoms with E-state index in [9.17, 15) is 34.1 Å². The Labute approximate surface area is 363 Å². The summed E-state index contributed by atoms with van der Waals surface area (Å²) in [5.41, 5.74) is 15.9. The van der Waals surface area contributed by atoms with Crippen molar-refractivity contribution in [1.29, 1.82) is 0 Å². The lowest BCUT2D eigenvalue weighted by molar-refractivity contribution is -0.142. The number of phenols is 1. The average molecular weight is 840 g/mol. The number of phenolic OH excluding ortho intramolecular Hbond substituents is 1. The van der Waals surface area contributed by atoms with Gasteiger partial charge in [0.25, 0.3) is 12.8 Å². The van der Waals surface area contributed by atoms with E-state index in [-0.39, 0.29) is 48.3 Å². The Morgan fingerprint density at radius 3 is 1.82 bits per heavy atom. The molecule has 61 heavy (non-hydrogen) atoms. The Balaban J connectivity index is 1.86. The SMILES string of the molecule is CCCCc1ccc(-c2ccc(C(=O)N(C)[C@@H](CCCCN)C(=O)N(C)[C@@H](Cc3ccc(O)cc3)C(=O)C[C@@H](C)C(=O)N[C@@H](CCCCN)C(=O)C[C@@H](C)B(C)O)cc2)cc1. The lowest BCUT2D eigenvalue weighted by Crippen LogP contribution is -2.53. The summed E-state index contributed by atoms with van der Waals surface area (Å²) in [5, 5.41) is 22.8. The second kappa shape index (κ2) is 25.8. The van der Waals surface area contributed by atoms with Crippen LogP contribution in [0, 0.1) is 5.92 Å². The summed E-state index contributed by atoms with van der Waals surface area (Å²) >= 11 is 0. The molecule has 13 heteroatoms. The number of nitrogens with zero attached hydrogens (tertiary/aromatic N) is 2. The fraction of sp³-hybridized carbons (Fsp3) is 0.521. The normalized spacial score (nSPS) is 13.7. The largest absolute Gasteiger partial charge is 0.508 e. The molecule has 0 aliphatic carbocycles. The molecule has 0 unspecified atom stereocenters. The van der Waals surface area contributed by atoms with E-state index in [1.165, 1.54) is 27.5 Å². The molecule has 7 N–H and O–H groups in total. The molecule has 12 nitrogen and oxygen atoms in total. The first-order valence-corrected chi connectivity index (χ1v) is 22.1. The highest BCUT2D eigenvalue weighted by Crippen LogP contribution is 2.24. The molecule has 0 aromatic heterocycles. The predicted molar refractivity (Wildman–Crippen MR) is 244 cm³/mol. The monoisotopic (exact) mass is 840 g/mol. The highest BCUT2D eigenvalue weighted by molar-refractivity contribution is 6.50. The molecule has 0 radical (unpaired) electrons. The van der Waals surface area contributed by atoms with E-state index >= 15 is 0 Å². The third-order valence-electron chi connectivity index (χ3n) is 11.7. The lowest BCUT2D eigenvalue weighted by Gasteiger charge is -2.35. The number of carbonyl (C=O) groups is 5. The number of likely N-dealkylation sites (N-methyl/N-ethyl adjacent to an activating group) is 2. The molecule has 0 saturated heterocycles. The molecule has 0 spiro atoms. The minimum atomic E-state index is -1.02. The summed E-state index contributed by atoms with van der Waals surface area (Å²) in [6, 6.07) is 19.4. The molecular weight excluding hydrogens is 769 g/mol. The summed E-state index contributed by atoms with van der Waals surface area (Å²) in [4.78, 5) is 72.7. The highest BCUT2D eigenvalue weighted by atomic mass is 16.3. The molecule has 0 fully saturated rings. The van der Waals surface area contributed by atoms with E-state index in [0.717, 1.165) is 30.4 Å². The molecule has 0 aliphatic rings. The van der Waals surface area contributed by atoms with Gasteiger partial charge < -0.3 is 36.7 Å². The van der Waals surface area contributed by atoms with Crippen LogP contribution in [0.25, 0.3) is 11.1 Å². The van der Waals surface area contributed by atoms with Crippen LogP contribution >= 0.6 is 0 Å². The number of carbonyl (C=O) groups excluding carboxylic acids is 5. The van der Waals surface area contributed by atoms with E-state index in [0.29, 0.717) is 62.7 Å². The fourth-order valence-corrected chi connectivity index (χ4v) is 7.35. The van der Waals surface area contributed by atoms with Crippen molar-refractivity contribution in [2.45, 2.75) is 129 Å². The highest BCUT2D eigenvalue weighted by Gasteiger charge is 2.36. The number of hydrogen-bond donors (Lipinski definition) is 5. The smallest absolute Gasteiger partial charge is 0.289 e. The van der Waals surface area contributed by atoms with Crippen LogP contribution in [-0.2, 0) is 32.0 Å². The van der Waals surface area contributed by atoms with Crippen molar-refractivity contribution < 1.29 is 34.1 Å². The Morgan fingerprint density at radius 1 is 0.705 bits per heavy atom. The van der Waals surface area contributed by atoms with Gasteiger partial charge in [0.2, 0.25) is 11.8 Å². The zero-order valence-corrected chi connectivity index (χ0v) is 37.3. The molecule has 0 bridgehead atoms. The van der Waals surface area contributed by atoms with Gasteiger partial charge in [0.05, 0.1) is 12.1 Å². The average Bonchev–Trinajstić information content (AvgIpc) is 3.25. The van der Waals surface area contributed by atoms with Crippen LogP contribution < -0.4 is 16.8 Å². The Kier molecular flexibility index (Phi) is 21.4. The van der Waals surface area contributed by atoms with Gasteiger partial charge >= 0.3 is 0 Å². The van der Waals surface area contributed by atoms with Crippen molar-refractivity contribution in [1.82, 2.24) is 15.1 Å². The van der Waals surface area contributed by atoms with Crippen molar-refractivity contribution in [3.05, 3.63) is 89.5 Å². The molecule has 0 aliphatic heterocycles. The summed E-state index contributed by atoms with van der Waals surface area (Å²) < 4.78 is 0. The number of nitrogens with one attached hydrogen (secondary N) is 1. The maximum atomic E-state index is 14.6. The second-order valence-corrected chi connectivity index (χ2v) is 16.7. The van der Waals surface area contributed by atoms with Crippen molar-refractivity contribution in [2.24, 2.45) is 17.4 Å². The van der Waals surface area contributed by atoms with E-state index in [1.807, 2.05) is 12.1 Å². The fourth-order valence-electron chi connectivity index (χ4n) is 7.35. The number of nitrogens with two attached hydrogens (primary N) is 2. The number of aryl methyl sites for hydroxylation is 1. The molecule has 0 heterocycles. The first-order chi connectivity index (χ1) is 29.1. The third-order valence-corrected chi connectivity index (χ3v) is 11.7. The minimum Gasteiger partial charge on any atom is -0.508 e. The summed E-state index contributed by atoms with van der Waals surface area (Å²) in [5.74, 6) is -2.91. The van der Waals surface area contributed by atoms with Gasteiger partial charge in [-0.05, 0) is 123 Å². The van der Waals surface area contributed by atoms with Gasteiger partial charge in [0, 0.05) is 38.4 Å². The number of Topliss-reactive ketones (excluding diaryl/α,β-unsaturated/α-hetero) is 2. The molecule has 0 saturated carbocycles. The number of amides is 3. The number of aromatic hydroxyl groups is 1. The van der Waals surface area contributed by atoms with E-state index in [2.05, 4.69) is 36.5 Å². The molecule has 3 aromatic rings. The van der Waals surface area contributed by atoms with E-state index in [1.54, 1.807) is 59.0 Å². The molecular formula is C48H70BN5O7. The van der Waals surface area contributed by atoms with Gasteiger partial charge in [-0.3, -0.25) is 24.0 Å². The zero-order valence-electron chi connectivity index (χ0n) is 37.3. The second-order valence-electron chi connectivity index (χ2n) is 16.7. The first-order valence-electron chi connectivity index (χ1n) is 22.1. The van der Waals surface area contributed by atoms with Crippen LogP contribution in [0.5, 0.6) is 5.75 Å². The van der Waals surface area contributed by atoms with Crippen molar-refractivity contribution in [3.63, 3.8) is 0 Å². The van der Waals surface area contributed by atoms with Crippen molar-refractivity contribution >= 4 is 36.2 Å². The van der Waals surface area contributed by atoms with Crippen molar-refractivity contribution in [2.75, 3.05) is 27.2 Å². The van der Waals surface area contributed by atoms with Gasteiger partial charge in [-0.25, -0.2) is 0 Å². The molecule has 3 amide bonds. The third kappa shape index (κ3) is 15.9. The number of ketones is 2. The van der Waals surface area contributed by atoms with Gasteiger partial charge in [0.15, 0.2) is 11.6 Å². The maximum Gasteiger partial charge on any atom is 0.289 e. The van der Waals surface area contributed by atoms with Gasteiger partial charge in [-0.15, -0.1) is 0 Å². The molecule has 332 valence electrons. The number of rotatable bonds is 27. The first kappa shape index (κ1) is 50.5. The standard InChI is InChI=1S/C48H70BN5O7/c1-7-8-13-35-16-20-37(21-17-35)38-22-24-39(25-23-38)47(59)53(5)42(15-10-12-29-51)48(60)54(6)43(32-36-18-26-40(55)27-19-36)45(57)30-33(2)46(58)52-41(14-9-11-28-50)44(56)31-34(3)49(4)61/h16-27,33-34,41-43,55,61H,7-15,28-32,50-51H2,1-6H3,(H,52,58)/t33-,34-,41+,42+,43+/m1/s1. The van der Waals surface area contributed by atoms with Gasteiger partial charge in [-0.1, -0.05) is 82.5 Å². The minimum absolute atomic E-state index is 0.0493. The van der Waals surface area contributed by atoms with Crippen LogP contribution in [0.4, 0.5) is 0 Å². The number of benzene rings is 3. The zero-order chi connectivity index (χ0) is 45.1. The topological polar surface area (TPSA) is 196 Å². The van der Waals surface area contributed by atoms with Crippen LogP contribution in [-0.4, -0.2) is 101 Å². The van der Waals surface area contributed by atoms with E-state index in [4.69, 9.17) is 11.5 Å². The summed E-state index contributed by atoms with van der Waals surface area (Å²) in [6.07, 6.45) is 6.46. The molecule has 5 atom stereocenters. The maximum absolute atomic E-state index is 14.6. The van der Waals surface area contributed by atoms with Crippen LogP contribution in [0.2, 0.25) is 12.6 Å². The molecule has 3 aromatic carbocycles. The summed E-state index contributed by atoms with van der Waals surface area (Å²) in [7, 11) is 3.14. The van der Waals surface area contributed by atoms with Crippen LogP contribution in [0.1, 0.15) is 106 Å². The Morgan fingerprint density at radius 2 is 1.26 bits per heavy atom. The van der Waals surface area contributed by atoms with Gasteiger partial charge in [-0.2, -0.15) is 0 Å².